The molecule has 2 aliphatic rings. The lowest BCUT2D eigenvalue weighted by Gasteiger charge is -2.36. The Bertz CT molecular complexity index is 486. The predicted octanol–water partition coefficient (Wildman–Crippen LogP) is 3.29. The van der Waals surface area contributed by atoms with Gasteiger partial charge in [0, 0.05) is 18.3 Å². The number of anilines is 1. The SMILES string of the molecule is COC(=O)c1ccc(N(CC2CC2)C2CCNCC2)cc1.Cl.Cl. The number of methoxy groups -OCH3 is 1. The van der Waals surface area contributed by atoms with Gasteiger partial charge >= 0.3 is 5.97 Å². The molecule has 0 amide bonds. The molecular formula is C17H26Cl2N2O2. The summed E-state index contributed by atoms with van der Waals surface area (Å²) < 4.78 is 4.77. The van der Waals surface area contributed by atoms with E-state index < -0.39 is 0 Å². The molecule has 1 aliphatic heterocycles. The molecular weight excluding hydrogens is 335 g/mol. The number of nitrogens with one attached hydrogen (secondary N) is 1. The maximum absolute atomic E-state index is 11.5. The van der Waals surface area contributed by atoms with Crippen LogP contribution in [0.1, 0.15) is 36.0 Å². The van der Waals surface area contributed by atoms with Crippen LogP contribution >= 0.6 is 24.8 Å². The zero-order valence-corrected chi connectivity index (χ0v) is 15.1. The van der Waals surface area contributed by atoms with Crippen LogP contribution in [-0.4, -0.2) is 38.8 Å². The number of ether oxygens (including phenoxy) is 1. The first-order valence-electron chi connectivity index (χ1n) is 7.93. The molecule has 1 saturated carbocycles. The fourth-order valence-electron chi connectivity index (χ4n) is 3.07. The second kappa shape index (κ2) is 9.36. The molecule has 0 unspecified atom stereocenters. The molecule has 0 bridgehead atoms. The summed E-state index contributed by atoms with van der Waals surface area (Å²) in [6.45, 7) is 3.36. The van der Waals surface area contributed by atoms with Gasteiger partial charge in [-0.2, -0.15) is 0 Å². The first-order chi connectivity index (χ1) is 10.3. The Kier molecular flexibility index (Phi) is 8.17. The normalized spacial score (nSPS) is 17.6. The second-order valence-electron chi connectivity index (χ2n) is 6.12. The first-order valence-corrected chi connectivity index (χ1v) is 7.93. The van der Waals surface area contributed by atoms with Crippen molar-refractivity contribution in [2.45, 2.75) is 31.7 Å². The summed E-state index contributed by atoms with van der Waals surface area (Å²) in [6, 6.07) is 8.51. The van der Waals surface area contributed by atoms with Gasteiger partial charge in [-0.3, -0.25) is 0 Å². The van der Waals surface area contributed by atoms with Gasteiger partial charge in [0.05, 0.1) is 12.7 Å². The van der Waals surface area contributed by atoms with E-state index >= 15 is 0 Å². The molecule has 23 heavy (non-hydrogen) atoms. The topological polar surface area (TPSA) is 41.6 Å². The highest BCUT2D eigenvalue weighted by Crippen LogP contribution is 2.33. The Labute approximate surface area is 150 Å². The van der Waals surface area contributed by atoms with Crippen LogP contribution in [0.2, 0.25) is 0 Å². The van der Waals surface area contributed by atoms with E-state index in [1.807, 2.05) is 12.1 Å². The average molecular weight is 361 g/mol. The van der Waals surface area contributed by atoms with Crippen molar-refractivity contribution < 1.29 is 9.53 Å². The van der Waals surface area contributed by atoms with E-state index in [2.05, 4.69) is 22.3 Å². The largest absolute Gasteiger partial charge is 0.465 e. The minimum Gasteiger partial charge on any atom is -0.465 e. The van der Waals surface area contributed by atoms with Gasteiger partial charge in [-0.15, -0.1) is 24.8 Å². The molecule has 6 heteroatoms. The summed E-state index contributed by atoms with van der Waals surface area (Å²) in [4.78, 5) is 14.1. The van der Waals surface area contributed by atoms with Crippen molar-refractivity contribution in [3.63, 3.8) is 0 Å². The maximum Gasteiger partial charge on any atom is 0.337 e. The lowest BCUT2D eigenvalue weighted by molar-refractivity contribution is 0.0601. The molecule has 0 radical (unpaired) electrons. The Balaban J connectivity index is 0.00000132. The summed E-state index contributed by atoms with van der Waals surface area (Å²) >= 11 is 0. The fraction of sp³-hybridized carbons (Fsp3) is 0.588. The summed E-state index contributed by atoms with van der Waals surface area (Å²) in [5.74, 6) is 0.595. The van der Waals surface area contributed by atoms with Crippen molar-refractivity contribution in [2.24, 2.45) is 5.92 Å². The number of esters is 1. The third-order valence-corrected chi connectivity index (χ3v) is 4.52. The number of nitrogens with zero attached hydrogens (tertiary/aromatic N) is 1. The quantitative estimate of drug-likeness (QED) is 0.818. The molecule has 2 fully saturated rings. The van der Waals surface area contributed by atoms with Gasteiger partial charge in [0.1, 0.15) is 0 Å². The van der Waals surface area contributed by atoms with Crippen molar-refractivity contribution in [1.82, 2.24) is 5.32 Å². The van der Waals surface area contributed by atoms with E-state index in [4.69, 9.17) is 4.74 Å². The van der Waals surface area contributed by atoms with E-state index in [1.54, 1.807) is 0 Å². The molecule has 130 valence electrons. The molecule has 1 heterocycles. The van der Waals surface area contributed by atoms with E-state index in [0.29, 0.717) is 11.6 Å². The number of halogens is 2. The van der Waals surface area contributed by atoms with Gasteiger partial charge < -0.3 is 15.0 Å². The zero-order chi connectivity index (χ0) is 14.7. The third-order valence-electron chi connectivity index (χ3n) is 4.52. The molecule has 3 rings (SSSR count). The van der Waals surface area contributed by atoms with E-state index in [9.17, 15) is 4.79 Å². The van der Waals surface area contributed by atoms with Crippen LogP contribution in [0.3, 0.4) is 0 Å². The van der Waals surface area contributed by atoms with Gasteiger partial charge in [-0.05, 0) is 69.0 Å². The van der Waals surface area contributed by atoms with Crippen molar-refractivity contribution >= 4 is 36.5 Å². The summed E-state index contributed by atoms with van der Waals surface area (Å²) in [5, 5.41) is 3.43. The summed E-state index contributed by atoms with van der Waals surface area (Å²) in [5.41, 5.74) is 1.86. The van der Waals surface area contributed by atoms with Crippen LogP contribution in [0.4, 0.5) is 5.69 Å². The van der Waals surface area contributed by atoms with Crippen molar-refractivity contribution in [2.75, 3.05) is 31.6 Å². The predicted molar refractivity (Wildman–Crippen MR) is 98.2 cm³/mol. The van der Waals surface area contributed by atoms with Crippen molar-refractivity contribution in [3.8, 4) is 0 Å². The van der Waals surface area contributed by atoms with Gasteiger partial charge in [-0.1, -0.05) is 0 Å². The highest BCUT2D eigenvalue weighted by molar-refractivity contribution is 5.89. The van der Waals surface area contributed by atoms with Crippen LogP contribution in [0, 0.1) is 5.92 Å². The number of hydrogen-bond acceptors (Lipinski definition) is 4. The third kappa shape index (κ3) is 5.27. The highest BCUT2D eigenvalue weighted by atomic mass is 35.5. The van der Waals surface area contributed by atoms with Gasteiger partial charge in [-0.25, -0.2) is 4.79 Å². The fourth-order valence-corrected chi connectivity index (χ4v) is 3.07. The maximum atomic E-state index is 11.5. The van der Waals surface area contributed by atoms with Crippen LogP contribution in [0.25, 0.3) is 0 Å². The number of rotatable bonds is 5. The van der Waals surface area contributed by atoms with E-state index in [0.717, 1.165) is 25.6 Å². The molecule has 0 aromatic heterocycles. The van der Waals surface area contributed by atoms with Crippen LogP contribution in [0.5, 0.6) is 0 Å². The first kappa shape index (κ1) is 20.1. The van der Waals surface area contributed by atoms with Gasteiger partial charge in [0.2, 0.25) is 0 Å². The Morgan fingerprint density at radius 3 is 2.26 bits per heavy atom. The summed E-state index contributed by atoms with van der Waals surface area (Å²) in [7, 11) is 1.42. The van der Waals surface area contributed by atoms with E-state index in [-0.39, 0.29) is 30.8 Å². The van der Waals surface area contributed by atoms with Crippen LogP contribution in [0.15, 0.2) is 24.3 Å². The number of hydrogen-bond donors (Lipinski definition) is 1. The molecule has 1 aliphatic carbocycles. The molecule has 1 aromatic rings. The Morgan fingerprint density at radius 1 is 1.13 bits per heavy atom. The molecule has 4 nitrogen and oxygen atoms in total. The number of carbonyl (C=O) groups is 1. The van der Waals surface area contributed by atoms with Gasteiger partial charge in [0.15, 0.2) is 0 Å². The molecule has 1 saturated heterocycles. The minimum absolute atomic E-state index is 0. The Hall–Kier alpha value is -0.970. The molecule has 0 atom stereocenters. The van der Waals surface area contributed by atoms with E-state index in [1.165, 1.54) is 38.5 Å². The number of benzene rings is 1. The van der Waals surface area contributed by atoms with Gasteiger partial charge in [0.25, 0.3) is 0 Å². The zero-order valence-electron chi connectivity index (χ0n) is 13.5. The van der Waals surface area contributed by atoms with Crippen LogP contribution < -0.4 is 10.2 Å². The molecule has 1 N–H and O–H groups in total. The standard InChI is InChI=1S/C17H24N2O2.2ClH/c1-21-17(20)14-4-6-15(7-5-14)19(12-13-2-3-13)16-8-10-18-11-9-16;;/h4-7,13,16,18H,2-3,8-12H2,1H3;2*1H. The minimum atomic E-state index is -0.267. The second-order valence-corrected chi connectivity index (χ2v) is 6.12. The van der Waals surface area contributed by atoms with Crippen molar-refractivity contribution in [1.29, 1.82) is 0 Å². The molecule has 0 spiro atoms. The smallest absolute Gasteiger partial charge is 0.337 e. The lowest BCUT2D eigenvalue weighted by atomic mass is 10.0. The summed E-state index contributed by atoms with van der Waals surface area (Å²) in [6.07, 6.45) is 5.13. The van der Waals surface area contributed by atoms with Crippen molar-refractivity contribution in [3.05, 3.63) is 29.8 Å². The monoisotopic (exact) mass is 360 g/mol. The number of piperidine rings is 1. The Morgan fingerprint density at radius 2 is 1.74 bits per heavy atom. The molecule has 1 aromatic carbocycles. The lowest BCUT2D eigenvalue weighted by Crippen LogP contribution is -2.44. The highest BCUT2D eigenvalue weighted by Gasteiger charge is 2.29. The average Bonchev–Trinajstić information content (AvgIpc) is 3.37. The number of carbonyl (C=O) groups excluding carboxylic acids is 1. The van der Waals surface area contributed by atoms with Crippen LogP contribution in [-0.2, 0) is 4.74 Å².